The predicted octanol–water partition coefficient (Wildman–Crippen LogP) is 3.69. The minimum Gasteiger partial charge on any atom is -0.508 e. The number of phenols is 1. The number of carbonyl (C=O) groups is 1. The van der Waals surface area contributed by atoms with E-state index in [0.717, 1.165) is 16.7 Å². The van der Waals surface area contributed by atoms with Crippen molar-refractivity contribution in [2.45, 2.75) is 32.1 Å². The Morgan fingerprint density at radius 3 is 2.36 bits per heavy atom. The van der Waals surface area contributed by atoms with Gasteiger partial charge in [-0.3, -0.25) is 0 Å². The molecule has 0 saturated heterocycles. The van der Waals surface area contributed by atoms with Crippen LogP contribution >= 0.6 is 0 Å². The molecule has 3 rings (SSSR count). The Morgan fingerprint density at radius 1 is 0.939 bits per heavy atom. The summed E-state index contributed by atoms with van der Waals surface area (Å²) < 4.78 is 11.3. The van der Waals surface area contributed by atoms with E-state index < -0.39 is 18.7 Å². The summed E-state index contributed by atoms with van der Waals surface area (Å²) in [7, 11) is 0. The lowest BCUT2D eigenvalue weighted by Gasteiger charge is -2.21. The van der Waals surface area contributed by atoms with Gasteiger partial charge in [-0.1, -0.05) is 48.5 Å². The fourth-order valence-corrected chi connectivity index (χ4v) is 3.33. The molecule has 0 heterocycles. The minimum absolute atomic E-state index is 0.160. The number of phenolic OH excluding ortho intramolecular Hbond substituents is 1. The summed E-state index contributed by atoms with van der Waals surface area (Å²) in [4.78, 5) is 10.9. The Morgan fingerprint density at radius 2 is 1.67 bits per heavy atom. The summed E-state index contributed by atoms with van der Waals surface area (Å²) in [6, 6.07) is 21.4. The second-order valence-corrected chi connectivity index (χ2v) is 7.77. The van der Waals surface area contributed by atoms with Crippen molar-refractivity contribution < 1.29 is 29.6 Å². The third-order valence-electron chi connectivity index (χ3n) is 5.18. The Hall–Kier alpha value is -3.55. The molecule has 3 aromatic rings. The van der Waals surface area contributed by atoms with Gasteiger partial charge in [-0.15, -0.1) is 0 Å². The molecule has 0 bridgehead atoms. The quantitative estimate of drug-likeness (QED) is 0.333. The van der Waals surface area contributed by atoms with Gasteiger partial charge < -0.3 is 30.1 Å². The molecule has 0 unspecified atom stereocenters. The maximum Gasteiger partial charge on any atom is 0.341 e. The van der Waals surface area contributed by atoms with Gasteiger partial charge in [0, 0.05) is 6.04 Å². The van der Waals surface area contributed by atoms with E-state index in [1.807, 2.05) is 49.4 Å². The van der Waals surface area contributed by atoms with Crippen molar-refractivity contribution in [3.63, 3.8) is 0 Å². The molecule has 2 atom stereocenters. The van der Waals surface area contributed by atoms with E-state index in [4.69, 9.17) is 14.6 Å². The third-order valence-corrected chi connectivity index (χ3v) is 5.18. The number of aliphatic carboxylic acids is 1. The molecule has 0 aliphatic rings. The van der Waals surface area contributed by atoms with E-state index in [1.54, 1.807) is 30.3 Å². The summed E-state index contributed by atoms with van der Waals surface area (Å²) in [5.41, 5.74) is 2.70. The van der Waals surface area contributed by atoms with E-state index in [-0.39, 0.29) is 11.8 Å². The van der Waals surface area contributed by atoms with Gasteiger partial charge in [0.1, 0.15) is 12.4 Å². The number of rotatable bonds is 12. The molecule has 0 spiro atoms. The van der Waals surface area contributed by atoms with Crippen LogP contribution in [-0.2, 0) is 17.8 Å². The highest BCUT2D eigenvalue weighted by molar-refractivity contribution is 5.68. The number of benzene rings is 3. The average Bonchev–Trinajstić information content (AvgIpc) is 2.82. The van der Waals surface area contributed by atoms with Gasteiger partial charge in [0.2, 0.25) is 0 Å². The molecule has 0 fully saturated rings. The van der Waals surface area contributed by atoms with Gasteiger partial charge in [-0.2, -0.15) is 0 Å². The fraction of sp³-hybridized carbons (Fsp3) is 0.269. The first kappa shape index (κ1) is 24.1. The zero-order valence-corrected chi connectivity index (χ0v) is 18.5. The number of ether oxygens (including phenoxy) is 2. The highest BCUT2D eigenvalue weighted by atomic mass is 16.5. The molecule has 33 heavy (non-hydrogen) atoms. The number of carboxylic acids is 1. The van der Waals surface area contributed by atoms with Crippen LogP contribution in [0.1, 0.15) is 29.7 Å². The summed E-state index contributed by atoms with van der Waals surface area (Å²) in [6.07, 6.45) is -0.0322. The number of aromatic hydroxyl groups is 1. The molecule has 3 aromatic carbocycles. The molecule has 7 nitrogen and oxygen atoms in total. The monoisotopic (exact) mass is 451 g/mol. The highest BCUT2D eigenvalue weighted by Gasteiger charge is 2.16. The maximum atomic E-state index is 10.9. The van der Waals surface area contributed by atoms with Crippen LogP contribution in [0.25, 0.3) is 0 Å². The summed E-state index contributed by atoms with van der Waals surface area (Å²) in [6.45, 7) is 2.40. The van der Waals surface area contributed by atoms with E-state index in [1.165, 1.54) is 0 Å². The van der Waals surface area contributed by atoms with Crippen LogP contribution in [-0.4, -0.2) is 40.5 Å². The van der Waals surface area contributed by atoms with E-state index in [2.05, 4.69) is 5.32 Å². The lowest BCUT2D eigenvalue weighted by Crippen LogP contribution is -2.33. The van der Waals surface area contributed by atoms with Crippen LogP contribution < -0.4 is 14.8 Å². The molecule has 0 aliphatic carbocycles. The van der Waals surface area contributed by atoms with Crippen LogP contribution in [0, 0.1) is 0 Å². The Labute approximate surface area is 193 Å². The first-order valence-corrected chi connectivity index (χ1v) is 10.8. The number of nitrogens with one attached hydrogen (secondary N) is 1. The standard InChI is InChI=1S/C26H29NO6/c1-18(26(31)21-8-10-22(28)11-9-21)27-14-13-19-7-12-23(33-17-25(29)30)24(15-19)32-16-20-5-3-2-4-6-20/h2-12,15,18,26-28,31H,13-14,16-17H2,1H3,(H,29,30)/t18-,26+/m0/s1. The average molecular weight is 452 g/mol. The number of hydrogen-bond donors (Lipinski definition) is 4. The summed E-state index contributed by atoms with van der Waals surface area (Å²) >= 11 is 0. The third kappa shape index (κ3) is 7.52. The van der Waals surface area contributed by atoms with Crippen molar-refractivity contribution in [2.75, 3.05) is 13.2 Å². The zero-order chi connectivity index (χ0) is 23.6. The molecule has 0 aliphatic heterocycles. The molecule has 174 valence electrons. The van der Waals surface area contributed by atoms with Crippen molar-refractivity contribution in [3.8, 4) is 17.2 Å². The first-order chi connectivity index (χ1) is 15.9. The fourth-order valence-electron chi connectivity index (χ4n) is 3.33. The summed E-state index contributed by atoms with van der Waals surface area (Å²) in [5, 5.41) is 32.2. The second kappa shape index (κ2) is 11.9. The Kier molecular flexibility index (Phi) is 8.69. The smallest absolute Gasteiger partial charge is 0.341 e. The molecular weight excluding hydrogens is 422 g/mol. The first-order valence-electron chi connectivity index (χ1n) is 10.8. The largest absolute Gasteiger partial charge is 0.508 e. The van der Waals surface area contributed by atoms with Gasteiger partial charge in [-0.25, -0.2) is 4.79 Å². The minimum atomic E-state index is -1.06. The second-order valence-electron chi connectivity index (χ2n) is 7.77. The van der Waals surface area contributed by atoms with Crippen molar-refractivity contribution >= 4 is 5.97 Å². The number of aliphatic hydroxyl groups is 1. The molecule has 0 radical (unpaired) electrons. The Bertz CT molecular complexity index is 1020. The van der Waals surface area contributed by atoms with Crippen molar-refractivity contribution in [2.24, 2.45) is 0 Å². The maximum absolute atomic E-state index is 10.9. The van der Waals surface area contributed by atoms with Crippen LogP contribution in [0.2, 0.25) is 0 Å². The van der Waals surface area contributed by atoms with Crippen molar-refractivity contribution in [3.05, 3.63) is 89.5 Å². The van der Waals surface area contributed by atoms with E-state index in [9.17, 15) is 15.0 Å². The highest BCUT2D eigenvalue weighted by Crippen LogP contribution is 2.29. The molecule has 0 aromatic heterocycles. The van der Waals surface area contributed by atoms with Crippen LogP contribution in [0.5, 0.6) is 17.2 Å². The van der Waals surface area contributed by atoms with Gasteiger partial charge in [0.05, 0.1) is 6.10 Å². The lowest BCUT2D eigenvalue weighted by atomic mass is 10.0. The van der Waals surface area contributed by atoms with Gasteiger partial charge in [0.15, 0.2) is 18.1 Å². The van der Waals surface area contributed by atoms with E-state index in [0.29, 0.717) is 31.1 Å². The van der Waals surface area contributed by atoms with Gasteiger partial charge >= 0.3 is 5.97 Å². The van der Waals surface area contributed by atoms with Crippen LogP contribution in [0.3, 0.4) is 0 Å². The topological polar surface area (TPSA) is 108 Å². The predicted molar refractivity (Wildman–Crippen MR) is 125 cm³/mol. The van der Waals surface area contributed by atoms with Crippen molar-refractivity contribution in [1.29, 1.82) is 0 Å². The van der Waals surface area contributed by atoms with Crippen molar-refractivity contribution in [1.82, 2.24) is 5.32 Å². The van der Waals surface area contributed by atoms with Gasteiger partial charge in [-0.05, 0) is 60.8 Å². The number of carboxylic acid groups (broad SMARTS) is 1. The molecule has 7 heteroatoms. The van der Waals surface area contributed by atoms with E-state index >= 15 is 0 Å². The number of aliphatic hydroxyl groups excluding tert-OH is 1. The SMILES string of the molecule is C[C@H](NCCc1ccc(OCC(=O)O)c(OCc2ccccc2)c1)[C@@H](O)c1ccc(O)cc1. The van der Waals surface area contributed by atoms with Gasteiger partial charge in [0.25, 0.3) is 0 Å². The normalized spacial score (nSPS) is 12.7. The summed E-state index contributed by atoms with van der Waals surface area (Å²) in [5.74, 6) is -0.0398. The van der Waals surface area contributed by atoms with Crippen LogP contribution in [0.4, 0.5) is 0 Å². The molecular formula is C26H29NO6. The van der Waals surface area contributed by atoms with Crippen LogP contribution in [0.15, 0.2) is 72.8 Å². The Balaban J connectivity index is 1.60. The lowest BCUT2D eigenvalue weighted by molar-refractivity contribution is -0.139. The molecule has 0 amide bonds. The molecule has 4 N–H and O–H groups in total. The molecule has 0 saturated carbocycles. The zero-order valence-electron chi connectivity index (χ0n) is 18.5. The number of hydrogen-bond acceptors (Lipinski definition) is 6.